The highest BCUT2D eigenvalue weighted by atomic mass is 16.6. The van der Waals surface area contributed by atoms with Gasteiger partial charge in [0.1, 0.15) is 12.1 Å². The predicted molar refractivity (Wildman–Crippen MR) is 148 cm³/mol. The van der Waals surface area contributed by atoms with Crippen LogP contribution in [0.2, 0.25) is 0 Å². The first kappa shape index (κ1) is 34.1. The van der Waals surface area contributed by atoms with Crippen LogP contribution in [0.1, 0.15) is 99.0 Å². The van der Waals surface area contributed by atoms with Gasteiger partial charge in [0.05, 0.1) is 5.92 Å². The third kappa shape index (κ3) is 10.6. The smallest absolute Gasteiger partial charge is 0.321 e. The van der Waals surface area contributed by atoms with Gasteiger partial charge in [0, 0.05) is 24.7 Å². The van der Waals surface area contributed by atoms with E-state index >= 15 is 0 Å². The number of carbonyl (C=O) groups is 4. The van der Waals surface area contributed by atoms with E-state index in [1.165, 1.54) is 12.1 Å². The standard InChI is InChI=1S/C30H47NO8/c1-9-17(4)14-25(32)38-23-13-12-22(16-24(23)39-26(33)15-18(5)10-2)27(28(31)29(34)35)20(7)21(8)37-30(36)19(6)11-3/h12-13,16-21,27-28H,9-11,14-15,31H2,1-8H3,(H,34,35)/t17?,18?,19?,20?,21?,27?,28-/m0/s1. The molecule has 9 nitrogen and oxygen atoms in total. The lowest BCUT2D eigenvalue weighted by molar-refractivity contribution is -0.155. The molecule has 1 aromatic carbocycles. The summed E-state index contributed by atoms with van der Waals surface area (Å²) in [5, 5.41) is 9.79. The minimum absolute atomic E-state index is 0.0114. The number of ether oxygens (including phenoxy) is 3. The maximum absolute atomic E-state index is 12.7. The summed E-state index contributed by atoms with van der Waals surface area (Å²) in [6.45, 7) is 14.9. The van der Waals surface area contributed by atoms with Crippen LogP contribution in [0, 0.1) is 23.7 Å². The van der Waals surface area contributed by atoms with Gasteiger partial charge in [-0.1, -0.05) is 67.4 Å². The minimum atomic E-state index is -1.34. The van der Waals surface area contributed by atoms with Gasteiger partial charge in [0.2, 0.25) is 0 Å². The molecule has 0 fully saturated rings. The summed E-state index contributed by atoms with van der Waals surface area (Å²) in [5.74, 6) is -3.89. The third-order valence-electron chi connectivity index (χ3n) is 7.52. The number of hydrogen-bond donors (Lipinski definition) is 2. The van der Waals surface area contributed by atoms with Gasteiger partial charge in [-0.15, -0.1) is 0 Å². The molecule has 0 radical (unpaired) electrons. The zero-order valence-electron chi connectivity index (χ0n) is 24.7. The number of hydrogen-bond acceptors (Lipinski definition) is 8. The number of esters is 3. The van der Waals surface area contributed by atoms with Gasteiger partial charge >= 0.3 is 23.9 Å². The Morgan fingerprint density at radius 1 is 0.821 bits per heavy atom. The number of carbonyl (C=O) groups excluding carboxylic acids is 3. The summed E-state index contributed by atoms with van der Waals surface area (Å²) in [4.78, 5) is 49.6. The first-order valence-electron chi connectivity index (χ1n) is 14.0. The first-order chi connectivity index (χ1) is 18.2. The van der Waals surface area contributed by atoms with Crippen LogP contribution in [0.5, 0.6) is 11.5 Å². The second kappa shape index (κ2) is 16.2. The highest BCUT2D eigenvalue weighted by Crippen LogP contribution is 2.37. The molecule has 0 aliphatic carbocycles. The maximum atomic E-state index is 12.7. The molecule has 39 heavy (non-hydrogen) atoms. The Bertz CT molecular complexity index is 978. The quantitative estimate of drug-likeness (QED) is 0.202. The van der Waals surface area contributed by atoms with Crippen molar-refractivity contribution in [2.45, 2.75) is 106 Å². The second-order valence-corrected chi connectivity index (χ2v) is 10.8. The summed E-state index contributed by atoms with van der Waals surface area (Å²) in [6, 6.07) is 3.24. The highest BCUT2D eigenvalue weighted by molar-refractivity contribution is 5.77. The fraction of sp³-hybridized carbons (Fsp3) is 0.667. The average molecular weight is 550 g/mol. The average Bonchev–Trinajstić information content (AvgIpc) is 2.88. The van der Waals surface area contributed by atoms with E-state index in [9.17, 15) is 24.3 Å². The molecule has 6 unspecified atom stereocenters. The van der Waals surface area contributed by atoms with Crippen molar-refractivity contribution in [2.75, 3.05) is 0 Å². The monoisotopic (exact) mass is 549 g/mol. The summed E-state index contributed by atoms with van der Waals surface area (Å²) in [5.41, 5.74) is 6.59. The van der Waals surface area contributed by atoms with Crippen LogP contribution in [0.15, 0.2) is 18.2 Å². The molecule has 9 heteroatoms. The van der Waals surface area contributed by atoms with Crippen LogP contribution < -0.4 is 15.2 Å². The highest BCUT2D eigenvalue weighted by Gasteiger charge is 2.36. The van der Waals surface area contributed by atoms with E-state index in [4.69, 9.17) is 19.9 Å². The Morgan fingerprint density at radius 2 is 1.33 bits per heavy atom. The number of benzene rings is 1. The number of aliphatic carboxylic acids is 1. The lowest BCUT2D eigenvalue weighted by atomic mass is 9.79. The first-order valence-corrected chi connectivity index (χ1v) is 14.0. The van der Waals surface area contributed by atoms with Crippen molar-refractivity contribution < 1.29 is 38.5 Å². The molecule has 0 saturated heterocycles. The van der Waals surface area contributed by atoms with Gasteiger partial charge in [-0.2, -0.15) is 0 Å². The van der Waals surface area contributed by atoms with Crippen LogP contribution in [0.25, 0.3) is 0 Å². The van der Waals surface area contributed by atoms with Crippen LogP contribution in [0.4, 0.5) is 0 Å². The molecular formula is C30H47NO8. The van der Waals surface area contributed by atoms with E-state index in [0.717, 1.165) is 12.8 Å². The topological polar surface area (TPSA) is 142 Å². The zero-order valence-corrected chi connectivity index (χ0v) is 24.7. The zero-order chi connectivity index (χ0) is 29.9. The van der Waals surface area contributed by atoms with Gasteiger partial charge < -0.3 is 25.1 Å². The molecule has 3 N–H and O–H groups in total. The fourth-order valence-corrected chi connectivity index (χ4v) is 3.94. The van der Waals surface area contributed by atoms with Crippen LogP contribution >= 0.6 is 0 Å². The molecule has 0 spiro atoms. The van der Waals surface area contributed by atoms with Crippen molar-refractivity contribution in [1.82, 2.24) is 0 Å². The Morgan fingerprint density at radius 3 is 1.79 bits per heavy atom. The van der Waals surface area contributed by atoms with Gasteiger partial charge in [0.25, 0.3) is 0 Å². The molecule has 0 aliphatic rings. The van der Waals surface area contributed by atoms with Crippen molar-refractivity contribution in [2.24, 2.45) is 29.4 Å². The normalized spacial score (nSPS) is 16.6. The molecule has 1 aromatic rings. The number of nitrogens with two attached hydrogens (primary N) is 1. The minimum Gasteiger partial charge on any atom is -0.480 e. The van der Waals surface area contributed by atoms with Gasteiger partial charge in [-0.25, -0.2) is 0 Å². The Kier molecular flexibility index (Phi) is 14.2. The molecule has 1 rings (SSSR count). The number of carboxylic acids is 1. The summed E-state index contributed by atoms with van der Waals surface area (Å²) < 4.78 is 16.8. The van der Waals surface area contributed by atoms with Crippen molar-refractivity contribution in [1.29, 1.82) is 0 Å². The van der Waals surface area contributed by atoms with Gasteiger partial charge in [-0.05, 0) is 42.9 Å². The molecule has 220 valence electrons. The Labute approximate surface area is 232 Å². The van der Waals surface area contributed by atoms with E-state index < -0.39 is 41.9 Å². The maximum Gasteiger partial charge on any atom is 0.321 e. The van der Waals surface area contributed by atoms with Crippen LogP contribution in [-0.2, 0) is 23.9 Å². The molecule has 0 aromatic heterocycles. The van der Waals surface area contributed by atoms with Gasteiger partial charge in [-0.3, -0.25) is 19.2 Å². The van der Waals surface area contributed by atoms with E-state index in [2.05, 4.69) is 0 Å². The van der Waals surface area contributed by atoms with Crippen LogP contribution in [-0.4, -0.2) is 41.1 Å². The molecule has 0 aliphatic heterocycles. The molecule has 0 heterocycles. The van der Waals surface area contributed by atoms with E-state index in [1.54, 1.807) is 26.8 Å². The molecule has 7 atom stereocenters. The lowest BCUT2D eigenvalue weighted by Crippen LogP contribution is -2.43. The largest absolute Gasteiger partial charge is 0.480 e. The molecule has 0 saturated carbocycles. The second-order valence-electron chi connectivity index (χ2n) is 10.8. The third-order valence-corrected chi connectivity index (χ3v) is 7.52. The number of carboxylic acid groups (broad SMARTS) is 1. The van der Waals surface area contributed by atoms with E-state index in [1.807, 2.05) is 34.6 Å². The number of rotatable bonds is 16. The van der Waals surface area contributed by atoms with Crippen molar-refractivity contribution >= 4 is 23.9 Å². The lowest BCUT2D eigenvalue weighted by Gasteiger charge is -2.32. The van der Waals surface area contributed by atoms with Crippen molar-refractivity contribution in [3.63, 3.8) is 0 Å². The predicted octanol–water partition coefficient (Wildman–Crippen LogP) is 5.48. The summed E-state index contributed by atoms with van der Waals surface area (Å²) in [6.07, 6.45) is 1.91. The van der Waals surface area contributed by atoms with Crippen molar-refractivity contribution in [3.8, 4) is 11.5 Å². The molecular weight excluding hydrogens is 502 g/mol. The van der Waals surface area contributed by atoms with E-state index in [0.29, 0.717) is 12.0 Å². The SMILES string of the molecule is CCC(C)CC(=O)Oc1ccc(C(C(C)C(C)OC(=O)C(C)CC)[C@H](N)C(=O)O)cc1OC(=O)CC(C)CC. The van der Waals surface area contributed by atoms with Crippen LogP contribution in [0.3, 0.4) is 0 Å². The summed E-state index contributed by atoms with van der Waals surface area (Å²) >= 11 is 0. The fourth-order valence-electron chi connectivity index (χ4n) is 3.94. The molecule has 0 amide bonds. The molecule has 0 bridgehead atoms. The Balaban J connectivity index is 3.47. The summed E-state index contributed by atoms with van der Waals surface area (Å²) in [7, 11) is 0. The van der Waals surface area contributed by atoms with Gasteiger partial charge in [0.15, 0.2) is 11.5 Å². The van der Waals surface area contributed by atoms with Crippen molar-refractivity contribution in [3.05, 3.63) is 23.8 Å². The van der Waals surface area contributed by atoms with E-state index in [-0.39, 0.29) is 48.1 Å². The Hall–Kier alpha value is -2.94.